The molecule has 1 aromatic rings. The molecule has 1 fully saturated rings. The van der Waals surface area contributed by atoms with Gasteiger partial charge in [0.05, 0.1) is 0 Å². The molecule has 1 aliphatic heterocycles. The predicted octanol–water partition coefficient (Wildman–Crippen LogP) is 0.279. The summed E-state index contributed by atoms with van der Waals surface area (Å²) in [6, 6.07) is 8.53. The molecule has 20 heavy (non-hydrogen) atoms. The number of carbonyl (C=O) groups excluding carboxylic acids is 1. The van der Waals surface area contributed by atoms with Gasteiger partial charge in [0.2, 0.25) is 5.91 Å². The Morgan fingerprint density at radius 1 is 1.20 bits per heavy atom. The van der Waals surface area contributed by atoms with Crippen LogP contribution in [0.1, 0.15) is 24.8 Å². The maximum absolute atomic E-state index is 11.9. The Bertz CT molecular complexity index is 545. The highest BCUT2D eigenvalue weighted by molar-refractivity contribution is 7.87. The molecule has 0 radical (unpaired) electrons. The first-order chi connectivity index (χ1) is 9.57. The number of benzene rings is 1. The van der Waals surface area contributed by atoms with E-state index < -0.39 is 16.3 Å². The van der Waals surface area contributed by atoms with Crippen LogP contribution in [0.4, 0.5) is 0 Å². The van der Waals surface area contributed by atoms with Gasteiger partial charge in [0.25, 0.3) is 10.2 Å². The molecule has 0 aliphatic carbocycles. The Morgan fingerprint density at radius 2 is 1.95 bits per heavy atom. The lowest BCUT2D eigenvalue weighted by atomic mass is 10.1. The van der Waals surface area contributed by atoms with Crippen LogP contribution in [0, 0.1) is 0 Å². The average molecular weight is 297 g/mol. The summed E-state index contributed by atoms with van der Waals surface area (Å²) in [6.07, 6.45) is 2.23. The maximum Gasteiger partial charge on any atom is 0.277 e. The number of hydrogen-bond acceptors (Lipinski definition) is 3. The molecular weight excluding hydrogens is 278 g/mol. The van der Waals surface area contributed by atoms with Gasteiger partial charge < -0.3 is 5.32 Å². The van der Waals surface area contributed by atoms with Crippen LogP contribution in [0.15, 0.2) is 30.3 Å². The van der Waals surface area contributed by atoms with Crippen molar-refractivity contribution in [1.82, 2.24) is 14.8 Å². The van der Waals surface area contributed by atoms with Crippen molar-refractivity contribution >= 4 is 16.1 Å². The summed E-state index contributed by atoms with van der Waals surface area (Å²) in [7, 11) is -3.69. The summed E-state index contributed by atoms with van der Waals surface area (Å²) >= 11 is 0. The molecule has 110 valence electrons. The monoisotopic (exact) mass is 297 g/mol. The SMILES string of the molecule is O=C1NCCCC[C@@H]1NS(=O)(=O)NCc1ccccc1. The molecule has 1 atom stereocenters. The summed E-state index contributed by atoms with van der Waals surface area (Å²) in [5, 5.41) is 2.70. The molecule has 1 aliphatic rings. The topological polar surface area (TPSA) is 87.3 Å². The standard InChI is InChI=1S/C13H19N3O3S/c17-13-12(8-4-5-9-14-13)16-20(18,19)15-10-11-6-2-1-3-7-11/h1-3,6-7,12,15-16H,4-5,8-10H2,(H,14,17)/t12-/m0/s1. The second-order valence-corrected chi connectivity index (χ2v) is 6.30. The van der Waals surface area contributed by atoms with Crippen molar-refractivity contribution in [2.75, 3.05) is 6.54 Å². The first-order valence-corrected chi connectivity index (χ1v) is 8.14. The van der Waals surface area contributed by atoms with Gasteiger partial charge in [-0.25, -0.2) is 0 Å². The van der Waals surface area contributed by atoms with Gasteiger partial charge in [0.1, 0.15) is 6.04 Å². The van der Waals surface area contributed by atoms with Crippen LogP contribution in [-0.2, 0) is 21.5 Å². The minimum absolute atomic E-state index is 0.199. The highest BCUT2D eigenvalue weighted by atomic mass is 32.2. The molecule has 0 saturated carbocycles. The third-order valence-electron chi connectivity index (χ3n) is 3.14. The van der Waals surface area contributed by atoms with E-state index in [9.17, 15) is 13.2 Å². The summed E-state index contributed by atoms with van der Waals surface area (Å²) in [5.41, 5.74) is 0.864. The third kappa shape index (κ3) is 4.59. The van der Waals surface area contributed by atoms with Gasteiger partial charge in [-0.05, 0) is 24.8 Å². The zero-order valence-corrected chi connectivity index (χ0v) is 11.9. The predicted molar refractivity (Wildman–Crippen MR) is 76.0 cm³/mol. The number of rotatable bonds is 5. The number of amides is 1. The van der Waals surface area contributed by atoms with E-state index in [1.165, 1.54) is 0 Å². The van der Waals surface area contributed by atoms with Gasteiger partial charge in [0, 0.05) is 13.1 Å². The van der Waals surface area contributed by atoms with Crippen LogP contribution < -0.4 is 14.8 Å². The Balaban J connectivity index is 1.91. The van der Waals surface area contributed by atoms with Crippen LogP contribution in [0.25, 0.3) is 0 Å². The van der Waals surface area contributed by atoms with Gasteiger partial charge in [-0.15, -0.1) is 0 Å². The number of nitrogens with one attached hydrogen (secondary N) is 3. The Hall–Kier alpha value is -1.44. The van der Waals surface area contributed by atoms with Gasteiger partial charge in [-0.2, -0.15) is 17.9 Å². The van der Waals surface area contributed by atoms with E-state index in [0.717, 1.165) is 18.4 Å². The van der Waals surface area contributed by atoms with Gasteiger partial charge in [-0.3, -0.25) is 4.79 Å². The van der Waals surface area contributed by atoms with Crippen molar-refractivity contribution in [2.24, 2.45) is 0 Å². The van der Waals surface area contributed by atoms with Gasteiger partial charge in [-0.1, -0.05) is 30.3 Å². The molecule has 0 unspecified atom stereocenters. The molecule has 7 heteroatoms. The van der Waals surface area contributed by atoms with E-state index in [4.69, 9.17) is 0 Å². The molecule has 6 nitrogen and oxygen atoms in total. The highest BCUT2D eigenvalue weighted by Gasteiger charge is 2.25. The normalized spacial score (nSPS) is 20.2. The van der Waals surface area contributed by atoms with Crippen molar-refractivity contribution in [1.29, 1.82) is 0 Å². The summed E-state index contributed by atoms with van der Waals surface area (Å²) < 4.78 is 28.7. The largest absolute Gasteiger partial charge is 0.355 e. The molecule has 1 heterocycles. The molecule has 0 aromatic heterocycles. The quantitative estimate of drug-likeness (QED) is 0.729. The van der Waals surface area contributed by atoms with E-state index in [0.29, 0.717) is 13.0 Å². The zero-order chi connectivity index (χ0) is 14.4. The van der Waals surface area contributed by atoms with E-state index in [1.54, 1.807) is 0 Å². The molecule has 1 saturated heterocycles. The molecule has 1 aromatic carbocycles. The summed E-state index contributed by atoms with van der Waals surface area (Å²) in [4.78, 5) is 11.7. The zero-order valence-electron chi connectivity index (χ0n) is 11.1. The van der Waals surface area contributed by atoms with Crippen LogP contribution in [0.2, 0.25) is 0 Å². The van der Waals surface area contributed by atoms with Crippen molar-refractivity contribution in [2.45, 2.75) is 31.8 Å². The van der Waals surface area contributed by atoms with Crippen molar-refractivity contribution in [3.63, 3.8) is 0 Å². The number of carbonyl (C=O) groups is 1. The smallest absolute Gasteiger partial charge is 0.277 e. The summed E-state index contributed by atoms with van der Waals surface area (Å²) in [5.74, 6) is -0.257. The summed E-state index contributed by atoms with van der Waals surface area (Å²) in [6.45, 7) is 0.805. The van der Waals surface area contributed by atoms with Crippen LogP contribution in [0.5, 0.6) is 0 Å². The van der Waals surface area contributed by atoms with E-state index in [2.05, 4.69) is 14.8 Å². The Kier molecular flexibility index (Phi) is 5.11. The lowest BCUT2D eigenvalue weighted by Crippen LogP contribution is -2.49. The lowest BCUT2D eigenvalue weighted by Gasteiger charge is -2.15. The Morgan fingerprint density at radius 3 is 2.70 bits per heavy atom. The molecular formula is C13H19N3O3S. The molecule has 0 spiro atoms. The van der Waals surface area contributed by atoms with Crippen LogP contribution in [0.3, 0.4) is 0 Å². The second-order valence-electron chi connectivity index (χ2n) is 4.77. The fourth-order valence-corrected chi connectivity index (χ4v) is 3.09. The first kappa shape index (κ1) is 15.0. The molecule has 3 N–H and O–H groups in total. The fourth-order valence-electron chi connectivity index (χ4n) is 2.05. The van der Waals surface area contributed by atoms with Crippen molar-refractivity contribution < 1.29 is 13.2 Å². The minimum atomic E-state index is -3.69. The van der Waals surface area contributed by atoms with Crippen molar-refractivity contribution in [3.8, 4) is 0 Å². The van der Waals surface area contributed by atoms with E-state index in [-0.39, 0.29) is 12.5 Å². The molecule has 2 rings (SSSR count). The third-order valence-corrected chi connectivity index (χ3v) is 4.26. The molecule has 1 amide bonds. The van der Waals surface area contributed by atoms with Crippen LogP contribution >= 0.6 is 0 Å². The average Bonchev–Trinajstić information content (AvgIpc) is 2.63. The molecule has 0 bridgehead atoms. The number of hydrogen-bond donors (Lipinski definition) is 3. The van der Waals surface area contributed by atoms with E-state index >= 15 is 0 Å². The van der Waals surface area contributed by atoms with Crippen LogP contribution in [-0.4, -0.2) is 26.9 Å². The van der Waals surface area contributed by atoms with Gasteiger partial charge in [0.15, 0.2) is 0 Å². The highest BCUT2D eigenvalue weighted by Crippen LogP contribution is 2.06. The minimum Gasteiger partial charge on any atom is -0.355 e. The second kappa shape index (κ2) is 6.83. The Labute approximate surface area is 119 Å². The van der Waals surface area contributed by atoms with E-state index in [1.807, 2.05) is 30.3 Å². The lowest BCUT2D eigenvalue weighted by molar-refractivity contribution is -0.122. The van der Waals surface area contributed by atoms with Crippen molar-refractivity contribution in [3.05, 3.63) is 35.9 Å². The first-order valence-electron chi connectivity index (χ1n) is 6.65. The fraction of sp³-hybridized carbons (Fsp3) is 0.462. The van der Waals surface area contributed by atoms with Gasteiger partial charge >= 0.3 is 0 Å². The maximum atomic E-state index is 11.9.